The molecule has 2 heteroatoms. The number of hydrogen-bond donors (Lipinski definition) is 1. The molecule has 20 heavy (non-hydrogen) atoms. The van der Waals surface area contributed by atoms with E-state index in [-0.39, 0.29) is 0 Å². The first-order valence-corrected chi connectivity index (χ1v) is 8.24. The minimum absolute atomic E-state index is 0.601. The van der Waals surface area contributed by atoms with Crippen molar-refractivity contribution >= 4 is 0 Å². The molecule has 0 amide bonds. The average molecular weight is 274 g/mol. The Kier molecular flexibility index (Phi) is 6.06. The van der Waals surface area contributed by atoms with Gasteiger partial charge in [0.2, 0.25) is 0 Å². The number of benzene rings is 1. The van der Waals surface area contributed by atoms with E-state index in [0.717, 1.165) is 24.9 Å². The lowest BCUT2D eigenvalue weighted by molar-refractivity contribution is 0.109. The molecule has 112 valence electrons. The molecule has 1 aromatic carbocycles. The molecular formula is C18H30N2. The van der Waals surface area contributed by atoms with Crippen LogP contribution in [0.15, 0.2) is 30.3 Å². The second-order valence-electron chi connectivity index (χ2n) is 6.32. The molecule has 0 aliphatic carbocycles. The van der Waals surface area contributed by atoms with Gasteiger partial charge in [-0.2, -0.15) is 0 Å². The highest BCUT2D eigenvalue weighted by molar-refractivity contribution is 5.16. The predicted octanol–water partition coefficient (Wildman–Crippen LogP) is 3.33. The Morgan fingerprint density at radius 3 is 2.65 bits per heavy atom. The summed E-state index contributed by atoms with van der Waals surface area (Å²) in [5, 5.41) is 3.75. The number of hydrogen-bond acceptors (Lipinski definition) is 2. The van der Waals surface area contributed by atoms with Gasteiger partial charge in [-0.25, -0.2) is 0 Å². The van der Waals surface area contributed by atoms with E-state index in [9.17, 15) is 0 Å². The highest BCUT2D eigenvalue weighted by Crippen LogP contribution is 2.16. The van der Waals surface area contributed by atoms with Crippen LogP contribution in [0.25, 0.3) is 0 Å². The van der Waals surface area contributed by atoms with Crippen molar-refractivity contribution in [1.82, 2.24) is 10.2 Å². The third-order valence-electron chi connectivity index (χ3n) is 4.65. The summed E-state index contributed by atoms with van der Waals surface area (Å²) in [7, 11) is 0. The monoisotopic (exact) mass is 274 g/mol. The lowest BCUT2D eigenvalue weighted by atomic mass is 9.98. The van der Waals surface area contributed by atoms with Gasteiger partial charge < -0.3 is 5.32 Å². The van der Waals surface area contributed by atoms with Crippen LogP contribution in [0.3, 0.4) is 0 Å². The molecule has 3 unspecified atom stereocenters. The maximum atomic E-state index is 3.75. The van der Waals surface area contributed by atoms with Gasteiger partial charge in [-0.1, -0.05) is 57.5 Å². The molecule has 2 rings (SSSR count). The van der Waals surface area contributed by atoms with E-state index in [4.69, 9.17) is 0 Å². The van der Waals surface area contributed by atoms with Crippen LogP contribution in [-0.2, 0) is 6.42 Å². The summed E-state index contributed by atoms with van der Waals surface area (Å²) < 4.78 is 0. The van der Waals surface area contributed by atoms with Crippen LogP contribution in [0.1, 0.15) is 39.2 Å². The Morgan fingerprint density at radius 2 is 2.00 bits per heavy atom. The van der Waals surface area contributed by atoms with Crippen LogP contribution in [-0.4, -0.2) is 36.6 Å². The second kappa shape index (κ2) is 7.80. The molecule has 3 atom stereocenters. The van der Waals surface area contributed by atoms with Gasteiger partial charge in [-0.15, -0.1) is 0 Å². The van der Waals surface area contributed by atoms with Crippen molar-refractivity contribution in [2.24, 2.45) is 5.92 Å². The molecule has 0 spiro atoms. The summed E-state index contributed by atoms with van der Waals surface area (Å²) in [4.78, 5) is 2.72. The first-order chi connectivity index (χ1) is 9.72. The van der Waals surface area contributed by atoms with Gasteiger partial charge in [0.15, 0.2) is 0 Å². The van der Waals surface area contributed by atoms with E-state index < -0.39 is 0 Å². The fraction of sp³-hybridized carbons (Fsp3) is 0.667. The van der Waals surface area contributed by atoms with Gasteiger partial charge in [0.25, 0.3) is 0 Å². The fourth-order valence-corrected chi connectivity index (χ4v) is 3.12. The zero-order valence-corrected chi connectivity index (χ0v) is 13.3. The first kappa shape index (κ1) is 15.5. The molecule has 1 heterocycles. The third kappa shape index (κ3) is 4.32. The highest BCUT2D eigenvalue weighted by Gasteiger charge is 2.27. The largest absolute Gasteiger partial charge is 0.311 e. The van der Waals surface area contributed by atoms with Gasteiger partial charge in [-0.3, -0.25) is 4.90 Å². The minimum atomic E-state index is 0.601. The Morgan fingerprint density at radius 1 is 1.25 bits per heavy atom. The molecule has 0 aromatic heterocycles. The van der Waals surface area contributed by atoms with Gasteiger partial charge in [0.1, 0.15) is 0 Å². The summed E-state index contributed by atoms with van der Waals surface area (Å²) >= 11 is 0. The quantitative estimate of drug-likeness (QED) is 0.856. The summed E-state index contributed by atoms with van der Waals surface area (Å²) in [6, 6.07) is 12.2. The predicted molar refractivity (Wildman–Crippen MR) is 87.0 cm³/mol. The minimum Gasteiger partial charge on any atom is -0.311 e. The van der Waals surface area contributed by atoms with Crippen molar-refractivity contribution in [2.45, 2.75) is 52.1 Å². The number of nitrogens with one attached hydrogen (secondary N) is 1. The van der Waals surface area contributed by atoms with Crippen LogP contribution >= 0.6 is 0 Å². The van der Waals surface area contributed by atoms with Gasteiger partial charge in [0, 0.05) is 31.7 Å². The second-order valence-corrected chi connectivity index (χ2v) is 6.32. The van der Waals surface area contributed by atoms with Crippen molar-refractivity contribution in [3.63, 3.8) is 0 Å². The highest BCUT2D eigenvalue weighted by atomic mass is 15.2. The standard InChI is InChI=1S/C18H30N2/c1-4-15(3)13-20-14-17(19-12-18(20)5-2)11-16-9-7-6-8-10-16/h6-10,15,17-19H,4-5,11-14H2,1-3H3. The van der Waals surface area contributed by atoms with Crippen molar-refractivity contribution < 1.29 is 0 Å². The third-order valence-corrected chi connectivity index (χ3v) is 4.65. The van der Waals surface area contributed by atoms with E-state index in [1.807, 2.05) is 0 Å². The molecule has 0 saturated carbocycles. The maximum Gasteiger partial charge on any atom is 0.0236 e. The van der Waals surface area contributed by atoms with Crippen molar-refractivity contribution in [1.29, 1.82) is 0 Å². The Bertz CT molecular complexity index is 376. The van der Waals surface area contributed by atoms with Crippen LogP contribution in [0.2, 0.25) is 0 Å². The van der Waals surface area contributed by atoms with Crippen LogP contribution < -0.4 is 5.32 Å². The van der Waals surface area contributed by atoms with E-state index in [1.165, 1.54) is 31.5 Å². The molecule has 1 N–H and O–H groups in total. The fourth-order valence-electron chi connectivity index (χ4n) is 3.12. The van der Waals surface area contributed by atoms with Crippen molar-refractivity contribution in [3.8, 4) is 0 Å². The van der Waals surface area contributed by atoms with Crippen LogP contribution in [0.5, 0.6) is 0 Å². The Balaban J connectivity index is 1.93. The Hall–Kier alpha value is -0.860. The Labute approximate surface area is 124 Å². The van der Waals surface area contributed by atoms with Gasteiger partial charge >= 0.3 is 0 Å². The summed E-state index contributed by atoms with van der Waals surface area (Å²) in [6.45, 7) is 10.6. The maximum absolute atomic E-state index is 3.75. The zero-order chi connectivity index (χ0) is 14.4. The molecular weight excluding hydrogens is 244 g/mol. The summed E-state index contributed by atoms with van der Waals surface area (Å²) in [5.41, 5.74) is 1.45. The number of piperazine rings is 1. The number of nitrogens with zero attached hydrogens (tertiary/aromatic N) is 1. The molecule has 0 radical (unpaired) electrons. The summed E-state index contributed by atoms with van der Waals surface area (Å²) in [6.07, 6.45) is 3.68. The first-order valence-electron chi connectivity index (χ1n) is 8.24. The smallest absolute Gasteiger partial charge is 0.0236 e. The van der Waals surface area contributed by atoms with Crippen molar-refractivity contribution in [3.05, 3.63) is 35.9 Å². The average Bonchev–Trinajstić information content (AvgIpc) is 2.48. The van der Waals surface area contributed by atoms with E-state index in [1.54, 1.807) is 0 Å². The van der Waals surface area contributed by atoms with Crippen LogP contribution in [0.4, 0.5) is 0 Å². The lowest BCUT2D eigenvalue weighted by Crippen LogP contribution is -2.57. The molecule has 0 bridgehead atoms. The SMILES string of the molecule is CCC(C)CN1CC(Cc2ccccc2)NCC1CC. The number of rotatable bonds is 6. The van der Waals surface area contributed by atoms with E-state index in [0.29, 0.717) is 6.04 Å². The normalized spacial score (nSPS) is 25.6. The van der Waals surface area contributed by atoms with Crippen LogP contribution in [0, 0.1) is 5.92 Å². The zero-order valence-electron chi connectivity index (χ0n) is 13.3. The van der Waals surface area contributed by atoms with E-state index >= 15 is 0 Å². The van der Waals surface area contributed by atoms with Gasteiger partial charge in [0.05, 0.1) is 0 Å². The summed E-state index contributed by atoms with van der Waals surface area (Å²) in [5.74, 6) is 0.805. The lowest BCUT2D eigenvalue weighted by Gasteiger charge is -2.41. The molecule has 1 aliphatic rings. The molecule has 1 saturated heterocycles. The topological polar surface area (TPSA) is 15.3 Å². The molecule has 1 aromatic rings. The van der Waals surface area contributed by atoms with Crippen molar-refractivity contribution in [2.75, 3.05) is 19.6 Å². The van der Waals surface area contributed by atoms with Gasteiger partial charge in [-0.05, 0) is 24.3 Å². The molecule has 2 nitrogen and oxygen atoms in total. The van der Waals surface area contributed by atoms with E-state index in [2.05, 4.69) is 61.3 Å². The molecule has 1 aliphatic heterocycles. The molecule has 1 fully saturated rings.